The number of carbonyl (C=O) groups excluding carboxylic acids is 1. The van der Waals surface area contributed by atoms with Crippen LogP contribution in [0.2, 0.25) is 0 Å². The van der Waals surface area contributed by atoms with E-state index in [4.69, 9.17) is 4.52 Å². The van der Waals surface area contributed by atoms with Gasteiger partial charge in [-0.1, -0.05) is 60.3 Å². The van der Waals surface area contributed by atoms with Crippen LogP contribution in [0.25, 0.3) is 12.2 Å². The molecule has 0 unspecified atom stereocenters. The Kier molecular flexibility index (Phi) is 9.79. The van der Waals surface area contributed by atoms with E-state index < -0.39 is 10.0 Å². The van der Waals surface area contributed by atoms with Gasteiger partial charge in [-0.25, -0.2) is 8.42 Å². The zero-order chi connectivity index (χ0) is 27.1. The normalized spacial score (nSPS) is 18.4. The molecule has 1 aromatic carbocycles. The Balaban J connectivity index is 1.27. The van der Waals surface area contributed by atoms with E-state index in [9.17, 15) is 13.2 Å². The Morgan fingerprint density at radius 1 is 1.08 bits per heavy atom. The van der Waals surface area contributed by atoms with Crippen molar-refractivity contribution < 1.29 is 17.7 Å². The number of sulfonamides is 1. The molecular formula is C29H42N4O4S. The van der Waals surface area contributed by atoms with Gasteiger partial charge in [-0.2, -0.15) is 4.31 Å². The summed E-state index contributed by atoms with van der Waals surface area (Å²) < 4.78 is 33.9. The van der Waals surface area contributed by atoms with Gasteiger partial charge in [0, 0.05) is 31.6 Å². The summed E-state index contributed by atoms with van der Waals surface area (Å²) in [6.45, 7) is 5.91. The molecule has 2 aromatic rings. The quantitative estimate of drug-likeness (QED) is 0.440. The van der Waals surface area contributed by atoms with Crippen molar-refractivity contribution in [3.8, 4) is 0 Å². The van der Waals surface area contributed by atoms with Crippen molar-refractivity contribution in [2.75, 3.05) is 33.2 Å². The molecule has 0 radical (unpaired) electrons. The molecule has 0 bridgehead atoms. The summed E-state index contributed by atoms with van der Waals surface area (Å²) in [6.07, 6.45) is 12.0. The van der Waals surface area contributed by atoms with Crippen LogP contribution >= 0.6 is 0 Å². The number of nitrogens with one attached hydrogen (secondary N) is 1. The lowest BCUT2D eigenvalue weighted by Crippen LogP contribution is -2.43. The summed E-state index contributed by atoms with van der Waals surface area (Å²) in [5.41, 5.74) is 2.44. The van der Waals surface area contributed by atoms with Crippen molar-refractivity contribution in [2.24, 2.45) is 5.92 Å². The largest absolute Gasteiger partial charge is 0.356 e. The molecule has 208 valence electrons. The van der Waals surface area contributed by atoms with Crippen LogP contribution < -0.4 is 5.32 Å². The minimum atomic E-state index is -3.79. The number of piperidine rings is 1. The van der Waals surface area contributed by atoms with Gasteiger partial charge < -0.3 is 14.7 Å². The van der Waals surface area contributed by atoms with Gasteiger partial charge in [0.2, 0.25) is 15.9 Å². The lowest BCUT2D eigenvalue weighted by Gasteiger charge is -2.31. The maximum absolute atomic E-state index is 13.5. The number of rotatable bonds is 10. The molecule has 1 saturated heterocycles. The number of carbonyl (C=O) groups is 1. The smallest absolute Gasteiger partial charge is 0.248 e. The van der Waals surface area contributed by atoms with Gasteiger partial charge in [0.05, 0.1) is 0 Å². The van der Waals surface area contributed by atoms with Gasteiger partial charge in [0.1, 0.15) is 5.69 Å². The molecule has 1 amide bonds. The third-order valence-corrected chi connectivity index (χ3v) is 10.0. The second kappa shape index (κ2) is 13.0. The van der Waals surface area contributed by atoms with E-state index in [1.54, 1.807) is 13.0 Å². The van der Waals surface area contributed by atoms with Gasteiger partial charge in [-0.05, 0) is 71.2 Å². The maximum atomic E-state index is 13.5. The second-order valence-corrected chi connectivity index (χ2v) is 12.7. The van der Waals surface area contributed by atoms with E-state index in [2.05, 4.69) is 22.4 Å². The zero-order valence-electron chi connectivity index (χ0n) is 23.0. The van der Waals surface area contributed by atoms with Crippen molar-refractivity contribution in [3.63, 3.8) is 0 Å². The van der Waals surface area contributed by atoms with Crippen LogP contribution in [-0.4, -0.2) is 68.0 Å². The van der Waals surface area contributed by atoms with Crippen molar-refractivity contribution in [1.29, 1.82) is 0 Å². The summed E-state index contributed by atoms with van der Waals surface area (Å²) in [4.78, 5) is 15.3. The predicted octanol–water partition coefficient (Wildman–Crippen LogP) is 4.63. The summed E-state index contributed by atoms with van der Waals surface area (Å²) in [7, 11) is -1.60. The topological polar surface area (TPSA) is 95.8 Å². The standard InChI is InChI=1S/C29H42N4O4S/c1-22-10-12-24(13-11-22)14-15-27-28(23(2)31-37-27)38(35,36)33-20-16-25(17-21-33)29(34)30-18-7-19-32(3)26-8-5-4-6-9-26/h10-15,25-26H,4-9,16-21H2,1-3H3,(H,30,34). The van der Waals surface area contributed by atoms with E-state index in [0.717, 1.165) is 24.1 Å². The number of nitrogens with zero attached hydrogens (tertiary/aromatic N) is 3. The molecule has 9 heteroatoms. The lowest BCUT2D eigenvalue weighted by molar-refractivity contribution is -0.126. The average Bonchev–Trinajstić information content (AvgIpc) is 3.32. The first-order chi connectivity index (χ1) is 18.3. The summed E-state index contributed by atoms with van der Waals surface area (Å²) in [6, 6.07) is 8.61. The average molecular weight is 543 g/mol. The molecule has 4 rings (SSSR count). The number of benzene rings is 1. The van der Waals surface area contributed by atoms with Gasteiger partial charge in [0.25, 0.3) is 0 Å². The first-order valence-electron chi connectivity index (χ1n) is 13.9. The summed E-state index contributed by atoms with van der Waals surface area (Å²) >= 11 is 0. The molecule has 1 aliphatic heterocycles. The fourth-order valence-corrected chi connectivity index (χ4v) is 7.24. The first kappa shape index (κ1) is 28.5. The van der Waals surface area contributed by atoms with Crippen LogP contribution in [0.3, 0.4) is 0 Å². The highest BCUT2D eigenvalue weighted by molar-refractivity contribution is 7.89. The highest BCUT2D eigenvalue weighted by Gasteiger charge is 2.35. The number of hydrogen-bond donors (Lipinski definition) is 1. The predicted molar refractivity (Wildman–Crippen MR) is 150 cm³/mol. The molecule has 2 heterocycles. The van der Waals surface area contributed by atoms with E-state index in [1.165, 1.54) is 36.4 Å². The summed E-state index contributed by atoms with van der Waals surface area (Å²) in [5, 5.41) is 7.01. The molecular weight excluding hydrogens is 500 g/mol. The van der Waals surface area contributed by atoms with Crippen molar-refractivity contribution in [3.05, 3.63) is 46.8 Å². The Hall–Kier alpha value is -2.49. The number of amides is 1. The molecule has 0 atom stereocenters. The Morgan fingerprint density at radius 2 is 1.76 bits per heavy atom. The minimum absolute atomic E-state index is 0.0326. The Bertz CT molecular complexity index is 1190. The van der Waals surface area contributed by atoms with E-state index in [0.29, 0.717) is 44.2 Å². The van der Waals surface area contributed by atoms with Crippen LogP contribution in [0, 0.1) is 19.8 Å². The molecule has 1 aromatic heterocycles. The van der Waals surface area contributed by atoms with Crippen molar-refractivity contribution >= 4 is 28.1 Å². The molecule has 38 heavy (non-hydrogen) atoms. The number of aromatic nitrogens is 1. The van der Waals surface area contributed by atoms with Crippen LogP contribution in [0.5, 0.6) is 0 Å². The SMILES string of the molecule is Cc1ccc(C=Cc2onc(C)c2S(=O)(=O)N2CCC(C(=O)NCCCN(C)C3CCCCC3)CC2)cc1. The molecule has 1 saturated carbocycles. The van der Waals surface area contributed by atoms with Crippen molar-refractivity contribution in [2.45, 2.75) is 76.2 Å². The Labute approximate surface area is 227 Å². The van der Waals surface area contributed by atoms with E-state index >= 15 is 0 Å². The second-order valence-electron chi connectivity index (χ2n) is 10.8. The van der Waals surface area contributed by atoms with Crippen LogP contribution in [0.1, 0.15) is 73.9 Å². The molecule has 2 aliphatic rings. The van der Waals surface area contributed by atoms with Crippen molar-refractivity contribution in [1.82, 2.24) is 19.7 Å². The van der Waals surface area contributed by atoms with Crippen LogP contribution in [0.4, 0.5) is 0 Å². The van der Waals surface area contributed by atoms with Crippen LogP contribution in [-0.2, 0) is 14.8 Å². The van der Waals surface area contributed by atoms with E-state index in [-0.39, 0.29) is 22.5 Å². The number of hydrogen-bond acceptors (Lipinski definition) is 6. The highest BCUT2D eigenvalue weighted by atomic mass is 32.2. The molecule has 8 nitrogen and oxygen atoms in total. The Morgan fingerprint density at radius 3 is 2.45 bits per heavy atom. The molecule has 2 fully saturated rings. The molecule has 0 spiro atoms. The van der Waals surface area contributed by atoms with Crippen LogP contribution in [0.15, 0.2) is 33.7 Å². The van der Waals surface area contributed by atoms with E-state index in [1.807, 2.05) is 37.3 Å². The maximum Gasteiger partial charge on any atom is 0.248 e. The lowest BCUT2D eigenvalue weighted by atomic mass is 9.94. The number of aryl methyl sites for hydroxylation is 2. The monoisotopic (exact) mass is 542 g/mol. The highest BCUT2D eigenvalue weighted by Crippen LogP contribution is 2.29. The van der Waals surface area contributed by atoms with Gasteiger partial charge in [-0.15, -0.1) is 0 Å². The van der Waals surface area contributed by atoms with Gasteiger partial charge >= 0.3 is 0 Å². The molecule has 1 N–H and O–H groups in total. The third kappa shape index (κ3) is 7.12. The first-order valence-corrected chi connectivity index (χ1v) is 15.4. The van der Waals surface area contributed by atoms with Gasteiger partial charge in [-0.3, -0.25) is 4.79 Å². The third-order valence-electron chi connectivity index (χ3n) is 7.95. The minimum Gasteiger partial charge on any atom is -0.356 e. The molecule has 1 aliphatic carbocycles. The fraction of sp³-hybridized carbons (Fsp3) is 0.586. The zero-order valence-corrected chi connectivity index (χ0v) is 23.8. The summed E-state index contributed by atoms with van der Waals surface area (Å²) in [5.74, 6) is 0.0911. The fourth-order valence-electron chi connectivity index (χ4n) is 5.52. The van der Waals surface area contributed by atoms with Gasteiger partial charge in [0.15, 0.2) is 10.7 Å².